The molecule has 7 nitrogen and oxygen atoms in total. The van der Waals surface area contributed by atoms with Gasteiger partial charge in [0, 0.05) is 34.6 Å². The zero-order chi connectivity index (χ0) is 29.4. The summed E-state index contributed by atoms with van der Waals surface area (Å²) < 4.78 is 26.8. The number of carbonyl (C=O) groups is 2. The molecule has 0 saturated heterocycles. The van der Waals surface area contributed by atoms with Crippen molar-refractivity contribution in [1.82, 2.24) is 10.2 Å². The summed E-state index contributed by atoms with van der Waals surface area (Å²) in [4.78, 5) is 29.1. The maximum absolute atomic E-state index is 14.1. The van der Waals surface area contributed by atoms with Crippen LogP contribution >= 0.6 is 23.2 Å². The predicted molar refractivity (Wildman–Crippen MR) is 162 cm³/mol. The van der Waals surface area contributed by atoms with Crippen LogP contribution in [0.5, 0.6) is 0 Å². The Morgan fingerprint density at radius 1 is 0.875 bits per heavy atom. The average Bonchev–Trinajstić information content (AvgIpc) is 2.90. The van der Waals surface area contributed by atoms with E-state index in [1.165, 1.54) is 4.90 Å². The number of sulfonamides is 1. The Morgan fingerprint density at radius 2 is 1.48 bits per heavy atom. The van der Waals surface area contributed by atoms with Crippen LogP contribution in [0.1, 0.15) is 37.5 Å². The van der Waals surface area contributed by atoms with Crippen molar-refractivity contribution in [3.8, 4) is 0 Å². The molecule has 3 aromatic carbocycles. The molecule has 0 bridgehead atoms. The van der Waals surface area contributed by atoms with Gasteiger partial charge in [0.1, 0.15) is 12.6 Å². The highest BCUT2D eigenvalue weighted by Gasteiger charge is 2.34. The number of halogens is 2. The predicted octanol–water partition coefficient (Wildman–Crippen LogP) is 5.49. The van der Waals surface area contributed by atoms with Crippen molar-refractivity contribution in [2.75, 3.05) is 17.1 Å². The maximum Gasteiger partial charge on any atom is 0.244 e. The van der Waals surface area contributed by atoms with Gasteiger partial charge in [0.15, 0.2) is 0 Å². The minimum atomic E-state index is -3.85. The minimum absolute atomic E-state index is 0.0905. The molecule has 0 saturated carbocycles. The van der Waals surface area contributed by atoms with E-state index >= 15 is 0 Å². The van der Waals surface area contributed by atoms with Gasteiger partial charge in [-0.3, -0.25) is 13.9 Å². The number of hydrogen-bond acceptors (Lipinski definition) is 4. The second-order valence-corrected chi connectivity index (χ2v) is 12.6. The SMILES string of the molecule is CCc1ccc(N(CC(=O)N(Cc2c(Cl)cccc2Cl)[C@@H](Cc2ccccc2)C(=O)NC(C)C)S(C)(=O)=O)cc1. The van der Waals surface area contributed by atoms with E-state index in [4.69, 9.17) is 23.2 Å². The molecule has 0 aliphatic carbocycles. The Morgan fingerprint density at radius 3 is 2.00 bits per heavy atom. The van der Waals surface area contributed by atoms with Crippen LogP contribution < -0.4 is 9.62 Å². The van der Waals surface area contributed by atoms with Gasteiger partial charge < -0.3 is 10.2 Å². The molecule has 0 aliphatic rings. The normalized spacial score (nSPS) is 12.2. The topological polar surface area (TPSA) is 86.8 Å². The van der Waals surface area contributed by atoms with Crippen molar-refractivity contribution < 1.29 is 18.0 Å². The fourth-order valence-electron chi connectivity index (χ4n) is 4.30. The molecule has 0 fully saturated rings. The van der Waals surface area contributed by atoms with Gasteiger partial charge in [-0.15, -0.1) is 0 Å². The van der Waals surface area contributed by atoms with Crippen LogP contribution in [-0.2, 0) is 39.0 Å². The number of amides is 2. The Hall–Kier alpha value is -3.07. The van der Waals surface area contributed by atoms with E-state index in [-0.39, 0.29) is 24.9 Å². The maximum atomic E-state index is 14.1. The molecule has 214 valence electrons. The monoisotopic (exact) mass is 603 g/mol. The molecule has 0 aromatic heterocycles. The molecule has 2 amide bonds. The second-order valence-electron chi connectivity index (χ2n) is 9.88. The third kappa shape index (κ3) is 8.46. The summed E-state index contributed by atoms with van der Waals surface area (Å²) in [5.41, 5.74) is 2.69. The Kier molecular flexibility index (Phi) is 11.0. The minimum Gasteiger partial charge on any atom is -0.352 e. The van der Waals surface area contributed by atoms with Crippen molar-refractivity contribution in [2.45, 2.75) is 52.2 Å². The molecule has 3 aromatic rings. The Balaban J connectivity index is 2.09. The Labute approximate surface area is 247 Å². The van der Waals surface area contributed by atoms with Crippen LogP contribution in [0.4, 0.5) is 5.69 Å². The van der Waals surface area contributed by atoms with Gasteiger partial charge in [-0.2, -0.15) is 0 Å². The van der Waals surface area contributed by atoms with E-state index in [1.807, 2.05) is 63.2 Å². The summed E-state index contributed by atoms with van der Waals surface area (Å²) >= 11 is 13.0. The molecule has 10 heteroatoms. The van der Waals surface area contributed by atoms with Crippen LogP contribution in [0, 0.1) is 0 Å². The van der Waals surface area contributed by atoms with Crippen molar-refractivity contribution in [2.24, 2.45) is 0 Å². The van der Waals surface area contributed by atoms with Gasteiger partial charge >= 0.3 is 0 Å². The third-order valence-electron chi connectivity index (χ3n) is 6.40. The molecule has 0 radical (unpaired) electrons. The zero-order valence-electron chi connectivity index (χ0n) is 23.1. The fourth-order valence-corrected chi connectivity index (χ4v) is 5.67. The number of anilines is 1. The van der Waals surface area contributed by atoms with Crippen LogP contribution in [0.2, 0.25) is 10.0 Å². The highest BCUT2D eigenvalue weighted by atomic mass is 35.5. The molecular weight excluding hydrogens is 569 g/mol. The summed E-state index contributed by atoms with van der Waals surface area (Å²) in [5.74, 6) is -0.936. The van der Waals surface area contributed by atoms with E-state index < -0.39 is 28.5 Å². The number of rotatable bonds is 12. The zero-order valence-corrected chi connectivity index (χ0v) is 25.4. The molecule has 0 spiro atoms. The number of nitrogens with zero attached hydrogens (tertiary/aromatic N) is 2. The average molecular weight is 605 g/mol. The highest BCUT2D eigenvalue weighted by molar-refractivity contribution is 7.92. The highest BCUT2D eigenvalue weighted by Crippen LogP contribution is 2.28. The smallest absolute Gasteiger partial charge is 0.244 e. The molecular formula is C30H35Cl2N3O4S. The van der Waals surface area contributed by atoms with E-state index in [0.29, 0.717) is 21.3 Å². The lowest BCUT2D eigenvalue weighted by Gasteiger charge is -2.34. The summed E-state index contributed by atoms with van der Waals surface area (Å²) in [5, 5.41) is 3.58. The Bertz CT molecular complexity index is 1390. The molecule has 3 rings (SSSR count). The van der Waals surface area contributed by atoms with Crippen molar-refractivity contribution in [3.05, 3.63) is 99.5 Å². The third-order valence-corrected chi connectivity index (χ3v) is 8.25. The van der Waals surface area contributed by atoms with Gasteiger partial charge in [-0.25, -0.2) is 8.42 Å². The summed E-state index contributed by atoms with van der Waals surface area (Å²) in [6.07, 6.45) is 2.05. The first-order valence-corrected chi connectivity index (χ1v) is 15.6. The van der Waals surface area contributed by atoms with Crippen LogP contribution in [0.15, 0.2) is 72.8 Å². The molecule has 1 N–H and O–H groups in total. The fraction of sp³-hybridized carbons (Fsp3) is 0.333. The van der Waals surface area contributed by atoms with E-state index in [9.17, 15) is 18.0 Å². The number of carbonyl (C=O) groups excluding carboxylic acids is 2. The van der Waals surface area contributed by atoms with E-state index in [2.05, 4.69) is 5.32 Å². The first kappa shape index (κ1) is 31.5. The quantitative estimate of drug-likeness (QED) is 0.297. The van der Waals surface area contributed by atoms with Gasteiger partial charge in [-0.1, -0.05) is 78.7 Å². The second kappa shape index (κ2) is 14.0. The molecule has 0 heterocycles. The lowest BCUT2D eigenvalue weighted by atomic mass is 10.0. The first-order valence-electron chi connectivity index (χ1n) is 13.0. The van der Waals surface area contributed by atoms with Crippen LogP contribution in [0.25, 0.3) is 0 Å². The van der Waals surface area contributed by atoms with Crippen molar-refractivity contribution in [1.29, 1.82) is 0 Å². The molecule has 0 unspecified atom stereocenters. The summed E-state index contributed by atoms with van der Waals surface area (Å²) in [6, 6.07) is 20.2. The standard InChI is InChI=1S/C30H35Cl2N3O4S/c1-5-22-14-16-24(17-15-22)35(40(4,38)39)20-29(36)34(19-25-26(31)12-9-13-27(25)32)28(30(37)33-21(2)3)18-23-10-7-6-8-11-23/h6-17,21,28H,5,18-20H2,1-4H3,(H,33,37)/t28-/m0/s1. The lowest BCUT2D eigenvalue weighted by molar-refractivity contribution is -0.140. The van der Waals surface area contributed by atoms with Crippen molar-refractivity contribution >= 4 is 50.7 Å². The number of benzene rings is 3. The van der Waals surface area contributed by atoms with Gasteiger partial charge in [-0.05, 0) is 55.7 Å². The molecule has 0 aliphatic heterocycles. The van der Waals surface area contributed by atoms with Gasteiger partial charge in [0.25, 0.3) is 0 Å². The van der Waals surface area contributed by atoms with Crippen molar-refractivity contribution in [3.63, 3.8) is 0 Å². The van der Waals surface area contributed by atoms with Gasteiger partial charge in [0.05, 0.1) is 11.9 Å². The van der Waals surface area contributed by atoms with Crippen LogP contribution in [0.3, 0.4) is 0 Å². The van der Waals surface area contributed by atoms with E-state index in [0.717, 1.165) is 28.1 Å². The van der Waals surface area contributed by atoms with Gasteiger partial charge in [0.2, 0.25) is 21.8 Å². The number of aryl methyl sites for hydroxylation is 1. The largest absolute Gasteiger partial charge is 0.352 e. The molecule has 1 atom stereocenters. The van der Waals surface area contributed by atoms with E-state index in [1.54, 1.807) is 30.3 Å². The number of nitrogens with one attached hydrogen (secondary N) is 1. The first-order chi connectivity index (χ1) is 18.9. The van der Waals surface area contributed by atoms with Crippen LogP contribution in [-0.4, -0.2) is 50.0 Å². The summed E-state index contributed by atoms with van der Waals surface area (Å²) in [6.45, 7) is 5.07. The lowest BCUT2D eigenvalue weighted by Crippen LogP contribution is -2.54. The summed E-state index contributed by atoms with van der Waals surface area (Å²) in [7, 11) is -3.85. The molecule has 40 heavy (non-hydrogen) atoms. The number of hydrogen-bond donors (Lipinski definition) is 1.